The number of carbonyl (C=O) groups is 1. The van der Waals surface area contributed by atoms with Crippen LogP contribution in [0.4, 0.5) is 5.69 Å². The van der Waals surface area contributed by atoms with Crippen LogP contribution < -0.4 is 4.31 Å². The molecule has 0 spiro atoms. The summed E-state index contributed by atoms with van der Waals surface area (Å²) in [5.41, 5.74) is 4.98. The Balaban J connectivity index is 2.05. The van der Waals surface area contributed by atoms with Gasteiger partial charge in [0.25, 0.3) is 15.9 Å². The number of aryl methyl sites for hydroxylation is 2. The van der Waals surface area contributed by atoms with Gasteiger partial charge in [-0.2, -0.15) is 4.31 Å². The number of amides is 1. The summed E-state index contributed by atoms with van der Waals surface area (Å²) in [5.74, 6) is -0.207. The van der Waals surface area contributed by atoms with Crippen molar-refractivity contribution in [1.82, 2.24) is 0 Å². The molecular formula is C27H29NO3S. The van der Waals surface area contributed by atoms with E-state index in [0.717, 1.165) is 26.6 Å². The summed E-state index contributed by atoms with van der Waals surface area (Å²) in [6.45, 7) is 9.84. The topological polar surface area (TPSA) is 54.5 Å². The quantitative estimate of drug-likeness (QED) is 0.425. The van der Waals surface area contributed by atoms with Gasteiger partial charge in [0.1, 0.15) is 0 Å². The minimum absolute atomic E-state index is 0.0760. The van der Waals surface area contributed by atoms with Crippen molar-refractivity contribution in [1.29, 1.82) is 0 Å². The van der Waals surface area contributed by atoms with Crippen LogP contribution in [0.5, 0.6) is 0 Å². The predicted octanol–water partition coefficient (Wildman–Crippen LogP) is 6.17. The monoisotopic (exact) mass is 447 g/mol. The largest absolute Gasteiger partial charge is 0.271 e. The molecule has 0 atom stereocenters. The maximum atomic E-state index is 13.6. The van der Waals surface area contributed by atoms with E-state index < -0.39 is 15.9 Å². The van der Waals surface area contributed by atoms with E-state index in [1.807, 2.05) is 51.1 Å². The maximum absolute atomic E-state index is 13.6. The molecule has 0 aromatic heterocycles. The molecule has 0 aliphatic rings. The minimum Gasteiger partial charge on any atom is -0.268 e. The summed E-state index contributed by atoms with van der Waals surface area (Å²) in [6, 6.07) is 19.7. The molecule has 0 unspecified atom stereocenters. The Bertz CT molecular complexity index is 1240. The molecule has 0 N–H and O–H groups in total. The first-order valence-corrected chi connectivity index (χ1v) is 12.1. The van der Waals surface area contributed by atoms with Crippen molar-refractivity contribution >= 4 is 27.7 Å². The van der Waals surface area contributed by atoms with Gasteiger partial charge in [-0.25, -0.2) is 8.42 Å². The van der Waals surface area contributed by atoms with Gasteiger partial charge in [-0.1, -0.05) is 67.9 Å². The van der Waals surface area contributed by atoms with Crippen molar-refractivity contribution in [2.24, 2.45) is 0 Å². The molecule has 0 radical (unpaired) electrons. The van der Waals surface area contributed by atoms with Gasteiger partial charge in [0.2, 0.25) is 0 Å². The van der Waals surface area contributed by atoms with E-state index in [-0.39, 0.29) is 4.90 Å². The molecule has 0 aliphatic carbocycles. The fourth-order valence-electron chi connectivity index (χ4n) is 3.37. The van der Waals surface area contributed by atoms with E-state index >= 15 is 0 Å². The first-order valence-electron chi connectivity index (χ1n) is 10.6. The third kappa shape index (κ3) is 5.00. The minimum atomic E-state index is -4.10. The van der Waals surface area contributed by atoms with Crippen molar-refractivity contribution in [2.75, 3.05) is 4.31 Å². The Labute approximate surface area is 191 Å². The number of nitrogens with zero attached hydrogens (tertiary/aromatic N) is 1. The highest BCUT2D eigenvalue weighted by Gasteiger charge is 2.31. The summed E-state index contributed by atoms with van der Waals surface area (Å²) in [5, 5.41) is 0. The molecule has 1 amide bonds. The van der Waals surface area contributed by atoms with E-state index in [1.165, 1.54) is 23.8 Å². The van der Waals surface area contributed by atoms with Crippen LogP contribution in [-0.2, 0) is 14.8 Å². The molecule has 0 heterocycles. The SMILES string of the molecule is Cc1ccc(S(=O)(=O)N(C(=O)/C=C/c2ccc(C(C)C)cc2)c2cccc(C)c2C)cc1. The average Bonchev–Trinajstić information content (AvgIpc) is 2.76. The molecule has 4 nitrogen and oxygen atoms in total. The number of benzene rings is 3. The van der Waals surface area contributed by atoms with Gasteiger partial charge < -0.3 is 0 Å². The van der Waals surface area contributed by atoms with Crippen LogP contribution in [0.25, 0.3) is 6.08 Å². The van der Waals surface area contributed by atoms with Gasteiger partial charge in [0.15, 0.2) is 0 Å². The molecule has 166 valence electrons. The molecule has 32 heavy (non-hydrogen) atoms. The van der Waals surface area contributed by atoms with E-state index in [0.29, 0.717) is 11.6 Å². The fraction of sp³-hybridized carbons (Fsp3) is 0.222. The van der Waals surface area contributed by atoms with Crippen LogP contribution >= 0.6 is 0 Å². The van der Waals surface area contributed by atoms with Crippen LogP contribution in [0.3, 0.4) is 0 Å². The number of rotatable bonds is 6. The summed E-state index contributed by atoms with van der Waals surface area (Å²) in [6.07, 6.45) is 2.97. The Morgan fingerprint density at radius 2 is 1.50 bits per heavy atom. The second-order valence-electron chi connectivity index (χ2n) is 8.29. The highest BCUT2D eigenvalue weighted by molar-refractivity contribution is 7.93. The van der Waals surface area contributed by atoms with Crippen molar-refractivity contribution in [2.45, 2.75) is 45.4 Å². The van der Waals surface area contributed by atoms with E-state index in [2.05, 4.69) is 13.8 Å². The predicted molar refractivity (Wildman–Crippen MR) is 131 cm³/mol. The van der Waals surface area contributed by atoms with Crippen LogP contribution in [0.1, 0.15) is 47.6 Å². The van der Waals surface area contributed by atoms with Gasteiger partial charge in [0.05, 0.1) is 10.6 Å². The molecule has 3 aromatic carbocycles. The highest BCUT2D eigenvalue weighted by atomic mass is 32.2. The first-order chi connectivity index (χ1) is 15.1. The lowest BCUT2D eigenvalue weighted by molar-refractivity contribution is -0.113. The zero-order valence-electron chi connectivity index (χ0n) is 19.2. The highest BCUT2D eigenvalue weighted by Crippen LogP contribution is 2.29. The molecule has 3 aromatic rings. The second kappa shape index (κ2) is 9.53. The van der Waals surface area contributed by atoms with Crippen molar-refractivity contribution in [3.05, 3.63) is 101 Å². The first kappa shape index (κ1) is 23.5. The Kier molecular flexibility index (Phi) is 6.99. The standard InChI is InChI=1S/C27H29NO3S/c1-19(2)24-14-11-23(12-15-24)13-18-27(29)28(26-8-6-7-21(4)22(26)5)32(30,31)25-16-9-20(3)10-17-25/h6-19H,1-5H3/b18-13+. The summed E-state index contributed by atoms with van der Waals surface area (Å²) >= 11 is 0. The summed E-state index contributed by atoms with van der Waals surface area (Å²) < 4.78 is 28.0. The molecule has 0 saturated heterocycles. The van der Waals surface area contributed by atoms with Crippen LogP contribution in [0.15, 0.2) is 77.7 Å². The van der Waals surface area contributed by atoms with Crippen LogP contribution in [-0.4, -0.2) is 14.3 Å². The van der Waals surface area contributed by atoms with Crippen molar-refractivity contribution in [3.63, 3.8) is 0 Å². The number of hydrogen-bond donors (Lipinski definition) is 0. The zero-order valence-corrected chi connectivity index (χ0v) is 20.0. The molecule has 0 bridgehead atoms. The van der Waals surface area contributed by atoms with Gasteiger partial charge in [-0.05, 0) is 73.2 Å². The third-order valence-corrected chi connectivity index (χ3v) is 7.30. The van der Waals surface area contributed by atoms with E-state index in [1.54, 1.807) is 30.3 Å². The average molecular weight is 448 g/mol. The third-order valence-electron chi connectivity index (χ3n) is 5.58. The smallest absolute Gasteiger partial charge is 0.268 e. The second-order valence-corrected chi connectivity index (χ2v) is 10.1. The number of sulfonamides is 1. The molecule has 0 saturated carbocycles. The van der Waals surface area contributed by atoms with Gasteiger partial charge >= 0.3 is 0 Å². The number of carbonyl (C=O) groups excluding carboxylic acids is 1. The zero-order chi connectivity index (χ0) is 23.5. The van der Waals surface area contributed by atoms with E-state index in [9.17, 15) is 13.2 Å². The van der Waals surface area contributed by atoms with Crippen LogP contribution in [0.2, 0.25) is 0 Å². The number of hydrogen-bond acceptors (Lipinski definition) is 3. The van der Waals surface area contributed by atoms with Gasteiger partial charge in [-0.3, -0.25) is 4.79 Å². The van der Waals surface area contributed by atoms with Crippen LogP contribution in [0, 0.1) is 20.8 Å². The lowest BCUT2D eigenvalue weighted by Crippen LogP contribution is -2.36. The molecule has 3 rings (SSSR count). The lowest BCUT2D eigenvalue weighted by Gasteiger charge is -2.24. The molecule has 5 heteroatoms. The lowest BCUT2D eigenvalue weighted by atomic mass is 10.0. The van der Waals surface area contributed by atoms with E-state index in [4.69, 9.17) is 0 Å². The molecule has 0 aliphatic heterocycles. The fourth-order valence-corrected chi connectivity index (χ4v) is 4.81. The van der Waals surface area contributed by atoms with Crippen molar-refractivity contribution in [3.8, 4) is 0 Å². The number of anilines is 1. The maximum Gasteiger partial charge on any atom is 0.271 e. The Hall–Kier alpha value is -3.18. The summed E-state index contributed by atoms with van der Waals surface area (Å²) in [4.78, 5) is 13.4. The Morgan fingerprint density at radius 1 is 0.875 bits per heavy atom. The molecular weight excluding hydrogens is 418 g/mol. The van der Waals surface area contributed by atoms with Crippen molar-refractivity contribution < 1.29 is 13.2 Å². The van der Waals surface area contributed by atoms with Gasteiger partial charge in [0, 0.05) is 6.08 Å². The molecule has 0 fully saturated rings. The summed E-state index contributed by atoms with van der Waals surface area (Å²) in [7, 11) is -4.10. The normalized spacial score (nSPS) is 11.8. The van der Waals surface area contributed by atoms with Gasteiger partial charge in [-0.15, -0.1) is 0 Å². The Morgan fingerprint density at radius 3 is 2.09 bits per heavy atom.